The number of hydrogen-bond acceptors (Lipinski definition) is 4. The molecule has 1 amide bonds. The third-order valence-electron chi connectivity index (χ3n) is 2.92. The van der Waals surface area contributed by atoms with Crippen molar-refractivity contribution in [3.05, 3.63) is 56.5 Å². The Kier molecular flexibility index (Phi) is 6.18. The Morgan fingerprint density at radius 1 is 1.30 bits per heavy atom. The van der Waals surface area contributed by atoms with Crippen LogP contribution in [-0.4, -0.2) is 23.8 Å². The van der Waals surface area contributed by atoms with Gasteiger partial charge in [0.1, 0.15) is 5.75 Å². The third-order valence-corrected chi connectivity index (χ3v) is 3.98. The molecule has 0 aliphatic rings. The van der Waals surface area contributed by atoms with Crippen molar-refractivity contribution >= 4 is 49.7 Å². The number of phenols is 1. The van der Waals surface area contributed by atoms with Crippen molar-refractivity contribution < 1.29 is 9.90 Å². The lowest BCUT2D eigenvalue weighted by molar-refractivity contribution is -0.119. The fraction of sp³-hybridized carbons (Fsp3) is 0.125. The Balaban J connectivity index is 1.89. The highest BCUT2D eigenvalue weighted by atomic mass is 79.9. The summed E-state index contributed by atoms with van der Waals surface area (Å²) in [5.74, 6) is -0.222. The van der Waals surface area contributed by atoms with Gasteiger partial charge in [-0.05, 0) is 52.7 Å². The second kappa shape index (κ2) is 8.12. The second-order valence-corrected chi connectivity index (χ2v) is 6.61. The Morgan fingerprint density at radius 3 is 2.83 bits per heavy atom. The quantitative estimate of drug-likeness (QED) is 0.489. The van der Waals surface area contributed by atoms with Crippen molar-refractivity contribution in [1.29, 1.82) is 0 Å². The molecule has 5 nitrogen and oxygen atoms in total. The van der Waals surface area contributed by atoms with Gasteiger partial charge < -0.3 is 10.4 Å². The molecule has 0 bridgehead atoms. The Morgan fingerprint density at radius 2 is 2.09 bits per heavy atom. The number of carbonyl (C=O) groups excluding carboxylic acids is 1. The maximum atomic E-state index is 11.7. The summed E-state index contributed by atoms with van der Waals surface area (Å²) < 4.78 is 1.33. The summed E-state index contributed by atoms with van der Waals surface area (Å²) in [6, 6.07) is 11.2. The van der Waals surface area contributed by atoms with Crippen LogP contribution in [0, 0.1) is 6.92 Å². The first-order valence-electron chi connectivity index (χ1n) is 6.76. The van der Waals surface area contributed by atoms with E-state index < -0.39 is 0 Å². The molecule has 0 aliphatic carbocycles. The lowest BCUT2D eigenvalue weighted by atomic mass is 10.2. The molecule has 2 aromatic rings. The molecule has 0 aromatic heterocycles. The maximum Gasteiger partial charge on any atom is 0.259 e. The van der Waals surface area contributed by atoms with Crippen LogP contribution in [0.2, 0.25) is 0 Å². The van der Waals surface area contributed by atoms with Gasteiger partial charge in [-0.3, -0.25) is 4.79 Å². The summed E-state index contributed by atoms with van der Waals surface area (Å²) in [6.07, 6.45) is 1.38. The van der Waals surface area contributed by atoms with E-state index >= 15 is 0 Å². The van der Waals surface area contributed by atoms with Crippen molar-refractivity contribution in [2.24, 2.45) is 5.10 Å². The number of rotatable bonds is 5. The molecular weight excluding hydrogens is 426 g/mol. The largest absolute Gasteiger partial charge is 0.506 e. The number of halogens is 2. The molecule has 0 spiro atoms. The predicted octanol–water partition coefficient (Wildman–Crippen LogP) is 3.79. The predicted molar refractivity (Wildman–Crippen MR) is 98.9 cm³/mol. The molecule has 7 heteroatoms. The van der Waals surface area contributed by atoms with Crippen LogP contribution in [0.15, 0.2) is 50.4 Å². The fourth-order valence-corrected chi connectivity index (χ4v) is 3.09. The second-order valence-electron chi connectivity index (χ2n) is 4.84. The number of amides is 1. The summed E-state index contributed by atoms with van der Waals surface area (Å²) in [7, 11) is 0. The number of nitrogens with zero attached hydrogens (tertiary/aromatic N) is 1. The molecule has 0 fully saturated rings. The molecule has 0 atom stereocenters. The number of anilines is 1. The molecule has 0 radical (unpaired) electrons. The van der Waals surface area contributed by atoms with Gasteiger partial charge in [0.05, 0.1) is 17.2 Å². The number of carbonyl (C=O) groups is 1. The van der Waals surface area contributed by atoms with E-state index in [2.05, 4.69) is 47.7 Å². The Hall–Kier alpha value is -1.86. The van der Waals surface area contributed by atoms with Gasteiger partial charge in [0.15, 0.2) is 0 Å². The van der Waals surface area contributed by atoms with Gasteiger partial charge in [-0.2, -0.15) is 5.10 Å². The molecule has 3 N–H and O–H groups in total. The van der Waals surface area contributed by atoms with Crippen LogP contribution in [-0.2, 0) is 4.79 Å². The van der Waals surface area contributed by atoms with Gasteiger partial charge in [0, 0.05) is 15.7 Å². The third kappa shape index (κ3) is 5.37. The number of benzene rings is 2. The Bertz CT molecular complexity index is 748. The highest BCUT2D eigenvalue weighted by Crippen LogP contribution is 2.30. The van der Waals surface area contributed by atoms with Crippen LogP contribution in [0.3, 0.4) is 0 Å². The number of hydrogen-bond donors (Lipinski definition) is 3. The number of aryl methyl sites for hydroxylation is 1. The maximum absolute atomic E-state index is 11.7. The average Bonchev–Trinajstić information content (AvgIpc) is 2.50. The van der Waals surface area contributed by atoms with Gasteiger partial charge in [-0.15, -0.1) is 0 Å². The van der Waals surface area contributed by atoms with Crippen LogP contribution in [0.1, 0.15) is 11.1 Å². The van der Waals surface area contributed by atoms with E-state index in [1.807, 2.05) is 31.2 Å². The molecular formula is C16H15Br2N3O2. The van der Waals surface area contributed by atoms with Crippen LogP contribution in [0.5, 0.6) is 5.75 Å². The first-order valence-corrected chi connectivity index (χ1v) is 8.35. The highest BCUT2D eigenvalue weighted by molar-refractivity contribution is 9.11. The molecule has 0 heterocycles. The zero-order chi connectivity index (χ0) is 16.8. The molecule has 23 heavy (non-hydrogen) atoms. The molecule has 0 saturated carbocycles. The smallest absolute Gasteiger partial charge is 0.259 e. The Labute approximate surface area is 151 Å². The average molecular weight is 441 g/mol. The van der Waals surface area contributed by atoms with Gasteiger partial charge in [0.2, 0.25) is 0 Å². The van der Waals surface area contributed by atoms with E-state index in [1.54, 1.807) is 12.1 Å². The minimum absolute atomic E-state index is 0.0593. The standard InChI is InChI=1S/C16H15Br2N3O2/c1-10-3-2-4-13(5-10)19-9-15(22)21-20-8-11-6-12(17)7-14(18)16(11)23/h2-8,19,23H,9H2,1H3,(H,21,22)/b20-8-. The van der Waals surface area contributed by atoms with E-state index in [1.165, 1.54) is 6.21 Å². The van der Waals surface area contributed by atoms with E-state index in [9.17, 15) is 9.90 Å². The van der Waals surface area contributed by atoms with Crippen LogP contribution >= 0.6 is 31.9 Å². The first-order chi connectivity index (χ1) is 11.0. The summed E-state index contributed by atoms with van der Waals surface area (Å²) in [4.78, 5) is 11.7. The van der Waals surface area contributed by atoms with Crippen LogP contribution < -0.4 is 10.7 Å². The number of phenolic OH excluding ortho intramolecular Hbond substituents is 1. The van der Waals surface area contributed by atoms with Crippen molar-refractivity contribution in [3.8, 4) is 5.75 Å². The lowest BCUT2D eigenvalue weighted by Gasteiger charge is -2.06. The summed E-state index contributed by atoms with van der Waals surface area (Å²) in [5.41, 5.74) is 4.88. The van der Waals surface area contributed by atoms with Crippen molar-refractivity contribution in [1.82, 2.24) is 5.43 Å². The number of aromatic hydroxyl groups is 1. The molecule has 120 valence electrons. The minimum atomic E-state index is -0.281. The zero-order valence-corrected chi connectivity index (χ0v) is 15.5. The van der Waals surface area contributed by atoms with E-state index in [0.29, 0.717) is 10.0 Å². The molecule has 2 aromatic carbocycles. The summed E-state index contributed by atoms with van der Waals surface area (Å²) >= 11 is 6.56. The van der Waals surface area contributed by atoms with Crippen molar-refractivity contribution in [2.45, 2.75) is 6.92 Å². The molecule has 0 saturated heterocycles. The lowest BCUT2D eigenvalue weighted by Crippen LogP contribution is -2.25. The normalized spacial score (nSPS) is 10.7. The molecule has 2 rings (SSSR count). The van der Waals surface area contributed by atoms with Gasteiger partial charge >= 0.3 is 0 Å². The van der Waals surface area contributed by atoms with Gasteiger partial charge in [0.25, 0.3) is 5.91 Å². The monoisotopic (exact) mass is 439 g/mol. The van der Waals surface area contributed by atoms with E-state index in [-0.39, 0.29) is 18.2 Å². The van der Waals surface area contributed by atoms with E-state index in [0.717, 1.165) is 15.7 Å². The first kappa shape index (κ1) is 17.5. The highest BCUT2D eigenvalue weighted by Gasteiger charge is 2.05. The minimum Gasteiger partial charge on any atom is -0.506 e. The zero-order valence-electron chi connectivity index (χ0n) is 12.3. The fourth-order valence-electron chi connectivity index (χ4n) is 1.84. The molecule has 0 aliphatic heterocycles. The van der Waals surface area contributed by atoms with E-state index in [4.69, 9.17) is 0 Å². The summed E-state index contributed by atoms with van der Waals surface area (Å²) in [6.45, 7) is 2.09. The number of hydrazone groups is 1. The SMILES string of the molecule is Cc1cccc(NCC(=O)N/N=C\c2cc(Br)cc(Br)c2O)c1. The van der Waals surface area contributed by atoms with Gasteiger partial charge in [-0.1, -0.05) is 28.1 Å². The van der Waals surface area contributed by atoms with Crippen molar-refractivity contribution in [3.63, 3.8) is 0 Å². The van der Waals surface area contributed by atoms with Gasteiger partial charge in [-0.25, -0.2) is 5.43 Å². The number of nitrogens with one attached hydrogen (secondary N) is 2. The molecule has 0 unspecified atom stereocenters. The topological polar surface area (TPSA) is 73.7 Å². The van der Waals surface area contributed by atoms with Crippen LogP contribution in [0.25, 0.3) is 0 Å². The summed E-state index contributed by atoms with van der Waals surface area (Å²) in [5, 5.41) is 16.7. The van der Waals surface area contributed by atoms with Crippen molar-refractivity contribution in [2.75, 3.05) is 11.9 Å². The van der Waals surface area contributed by atoms with Crippen LogP contribution in [0.4, 0.5) is 5.69 Å².